The summed E-state index contributed by atoms with van der Waals surface area (Å²) < 4.78 is 1.16. The zero-order valence-electron chi connectivity index (χ0n) is 15.0. The van der Waals surface area contributed by atoms with E-state index in [2.05, 4.69) is 22.5 Å². The predicted octanol–water partition coefficient (Wildman–Crippen LogP) is 2.65. The summed E-state index contributed by atoms with van der Waals surface area (Å²) in [4.78, 5) is 24.7. The first-order chi connectivity index (χ1) is 12.5. The van der Waals surface area contributed by atoms with E-state index in [1.165, 1.54) is 12.6 Å². The zero-order chi connectivity index (χ0) is 18.7. The summed E-state index contributed by atoms with van der Waals surface area (Å²) in [6.45, 7) is 3.92. The Labute approximate surface area is 151 Å². The molecule has 1 aromatic heterocycles. The van der Waals surface area contributed by atoms with Crippen LogP contribution in [-0.4, -0.2) is 21.4 Å². The van der Waals surface area contributed by atoms with E-state index in [0.29, 0.717) is 16.5 Å². The van der Waals surface area contributed by atoms with E-state index in [0.717, 1.165) is 16.7 Å². The molecule has 132 valence electrons. The molecule has 6 heteroatoms. The van der Waals surface area contributed by atoms with Gasteiger partial charge in [0.2, 0.25) is 0 Å². The Morgan fingerprint density at radius 3 is 2.42 bits per heavy atom. The Balaban J connectivity index is 1.89. The molecule has 1 N–H and O–H groups in total. The number of benzene rings is 2. The molecule has 0 aliphatic carbocycles. The van der Waals surface area contributed by atoms with Gasteiger partial charge in [-0.1, -0.05) is 49.4 Å². The monoisotopic (exact) mass is 348 g/mol. The number of carbonyl (C=O) groups is 1. The van der Waals surface area contributed by atoms with Gasteiger partial charge in [-0.25, -0.2) is 10.1 Å². The number of aromatic nitrogens is 2. The number of rotatable bonds is 4. The molecule has 0 atom stereocenters. The Morgan fingerprint density at radius 2 is 1.77 bits per heavy atom. The first kappa shape index (κ1) is 17.5. The van der Waals surface area contributed by atoms with E-state index < -0.39 is 5.91 Å². The van der Waals surface area contributed by atoms with Gasteiger partial charge < -0.3 is 0 Å². The van der Waals surface area contributed by atoms with Crippen molar-refractivity contribution >= 4 is 22.4 Å². The zero-order valence-corrected chi connectivity index (χ0v) is 15.0. The third-order valence-electron chi connectivity index (χ3n) is 4.28. The lowest BCUT2D eigenvalue weighted by atomic mass is 10.1. The SMILES string of the molecule is CCc1ccc(/C(C)=N\NC(=O)c2nn(C)c(=O)c3ccccc23)cc1. The average molecular weight is 348 g/mol. The van der Waals surface area contributed by atoms with Crippen molar-refractivity contribution in [3.8, 4) is 0 Å². The molecule has 0 saturated heterocycles. The van der Waals surface area contributed by atoms with Gasteiger partial charge in [0.25, 0.3) is 11.5 Å². The van der Waals surface area contributed by atoms with Crippen LogP contribution in [0.25, 0.3) is 10.8 Å². The Kier molecular flexibility index (Phi) is 4.93. The summed E-state index contributed by atoms with van der Waals surface area (Å²) >= 11 is 0. The largest absolute Gasteiger partial charge is 0.292 e. The van der Waals surface area contributed by atoms with Crippen molar-refractivity contribution in [2.45, 2.75) is 20.3 Å². The van der Waals surface area contributed by atoms with Gasteiger partial charge in [-0.15, -0.1) is 0 Å². The van der Waals surface area contributed by atoms with E-state index >= 15 is 0 Å². The Hall–Kier alpha value is -3.28. The smallest absolute Gasteiger partial charge is 0.267 e. The lowest BCUT2D eigenvalue weighted by Crippen LogP contribution is -2.27. The van der Waals surface area contributed by atoms with Gasteiger partial charge in [0.15, 0.2) is 5.69 Å². The number of hydrazone groups is 1. The Bertz CT molecular complexity index is 1050. The number of hydrogen-bond acceptors (Lipinski definition) is 4. The molecule has 6 nitrogen and oxygen atoms in total. The van der Waals surface area contributed by atoms with Crippen molar-refractivity contribution in [2.24, 2.45) is 12.1 Å². The molecule has 0 aliphatic rings. The highest BCUT2D eigenvalue weighted by Crippen LogP contribution is 2.13. The minimum absolute atomic E-state index is 0.167. The van der Waals surface area contributed by atoms with Gasteiger partial charge in [-0.3, -0.25) is 9.59 Å². The number of amides is 1. The van der Waals surface area contributed by atoms with E-state index in [4.69, 9.17) is 0 Å². The molecule has 3 aromatic rings. The van der Waals surface area contributed by atoms with Gasteiger partial charge in [-0.05, 0) is 30.5 Å². The van der Waals surface area contributed by atoms with Crippen molar-refractivity contribution in [1.29, 1.82) is 0 Å². The molecule has 2 aromatic carbocycles. The number of aryl methyl sites for hydroxylation is 2. The summed E-state index contributed by atoms with van der Waals surface area (Å²) in [5, 5.41) is 9.23. The van der Waals surface area contributed by atoms with Crippen LogP contribution in [0.4, 0.5) is 0 Å². The fraction of sp³-hybridized carbons (Fsp3) is 0.200. The standard InChI is InChI=1S/C20H20N4O2/c1-4-14-9-11-15(12-10-14)13(2)21-22-19(25)18-16-7-5-6-8-17(16)20(26)24(3)23-18/h5-12H,4H2,1-3H3,(H,22,25)/b21-13-. The first-order valence-corrected chi connectivity index (χ1v) is 8.41. The maximum absolute atomic E-state index is 12.6. The van der Waals surface area contributed by atoms with Gasteiger partial charge in [0.05, 0.1) is 11.1 Å². The molecular weight excluding hydrogens is 328 g/mol. The maximum atomic E-state index is 12.6. The molecule has 0 unspecified atom stereocenters. The average Bonchev–Trinajstić information content (AvgIpc) is 2.68. The normalized spacial score (nSPS) is 11.6. The molecule has 0 radical (unpaired) electrons. The van der Waals surface area contributed by atoms with E-state index in [1.54, 1.807) is 24.3 Å². The summed E-state index contributed by atoms with van der Waals surface area (Å²) in [6, 6.07) is 14.9. The minimum Gasteiger partial charge on any atom is -0.267 e. The molecule has 26 heavy (non-hydrogen) atoms. The van der Waals surface area contributed by atoms with Crippen LogP contribution < -0.4 is 11.0 Å². The number of carbonyl (C=O) groups excluding carboxylic acids is 1. The van der Waals surface area contributed by atoms with Crippen LogP contribution in [0.1, 0.15) is 35.5 Å². The molecule has 0 bridgehead atoms. The van der Waals surface area contributed by atoms with E-state index in [9.17, 15) is 9.59 Å². The van der Waals surface area contributed by atoms with Crippen molar-refractivity contribution < 1.29 is 4.79 Å². The number of hydrogen-bond donors (Lipinski definition) is 1. The molecule has 0 saturated carbocycles. The summed E-state index contributed by atoms with van der Waals surface area (Å²) in [5.41, 5.74) is 5.32. The predicted molar refractivity (Wildman–Crippen MR) is 102 cm³/mol. The molecule has 0 spiro atoms. The van der Waals surface area contributed by atoms with Gasteiger partial charge in [-0.2, -0.15) is 10.2 Å². The highest BCUT2D eigenvalue weighted by atomic mass is 16.2. The van der Waals surface area contributed by atoms with Crippen molar-refractivity contribution in [3.05, 3.63) is 75.7 Å². The topological polar surface area (TPSA) is 76.3 Å². The van der Waals surface area contributed by atoms with Crippen LogP contribution in [0.15, 0.2) is 58.4 Å². The van der Waals surface area contributed by atoms with Crippen LogP contribution >= 0.6 is 0 Å². The molecule has 1 heterocycles. The van der Waals surface area contributed by atoms with Crippen LogP contribution in [0.2, 0.25) is 0 Å². The second-order valence-electron chi connectivity index (χ2n) is 6.01. The van der Waals surface area contributed by atoms with Crippen LogP contribution in [0, 0.1) is 0 Å². The molecule has 1 amide bonds. The fourth-order valence-electron chi connectivity index (χ4n) is 2.70. The van der Waals surface area contributed by atoms with Crippen molar-refractivity contribution in [3.63, 3.8) is 0 Å². The van der Waals surface area contributed by atoms with Crippen LogP contribution in [0.5, 0.6) is 0 Å². The van der Waals surface area contributed by atoms with Crippen molar-refractivity contribution in [1.82, 2.24) is 15.2 Å². The molecule has 0 fully saturated rings. The lowest BCUT2D eigenvalue weighted by Gasteiger charge is -2.07. The van der Waals surface area contributed by atoms with Crippen LogP contribution in [-0.2, 0) is 13.5 Å². The van der Waals surface area contributed by atoms with Crippen molar-refractivity contribution in [2.75, 3.05) is 0 Å². The number of nitrogens with zero attached hydrogens (tertiary/aromatic N) is 3. The lowest BCUT2D eigenvalue weighted by molar-refractivity contribution is 0.0949. The van der Waals surface area contributed by atoms with Gasteiger partial charge in [0, 0.05) is 12.4 Å². The third kappa shape index (κ3) is 3.39. The molecule has 3 rings (SSSR count). The van der Waals surface area contributed by atoms with Gasteiger partial charge >= 0.3 is 0 Å². The highest BCUT2D eigenvalue weighted by Gasteiger charge is 2.15. The fourth-order valence-corrected chi connectivity index (χ4v) is 2.70. The second-order valence-corrected chi connectivity index (χ2v) is 6.01. The first-order valence-electron chi connectivity index (χ1n) is 8.41. The van der Waals surface area contributed by atoms with Crippen LogP contribution in [0.3, 0.4) is 0 Å². The number of fused-ring (bicyclic) bond motifs is 1. The minimum atomic E-state index is -0.457. The summed E-state index contributed by atoms with van der Waals surface area (Å²) in [5.74, 6) is -0.457. The maximum Gasteiger partial charge on any atom is 0.292 e. The third-order valence-corrected chi connectivity index (χ3v) is 4.28. The molecule has 0 aliphatic heterocycles. The second kappa shape index (κ2) is 7.31. The summed E-state index contributed by atoms with van der Waals surface area (Å²) in [6.07, 6.45) is 0.971. The molecular formula is C20H20N4O2. The highest BCUT2D eigenvalue weighted by molar-refractivity contribution is 6.06. The van der Waals surface area contributed by atoms with Gasteiger partial charge in [0.1, 0.15) is 0 Å². The van der Waals surface area contributed by atoms with E-state index in [-0.39, 0.29) is 11.3 Å². The summed E-state index contributed by atoms with van der Waals surface area (Å²) in [7, 11) is 1.52. The van der Waals surface area contributed by atoms with E-state index in [1.807, 2.05) is 31.2 Å². The number of nitrogens with one attached hydrogen (secondary N) is 1. The quantitative estimate of drug-likeness (QED) is 0.582. The Morgan fingerprint density at radius 1 is 1.12 bits per heavy atom.